The number of Topliss-reactive ketones (excluding diaryl/α,β-unsaturated/α-hetero) is 1. The van der Waals surface area contributed by atoms with Crippen LogP contribution in [0.2, 0.25) is 0 Å². The molecule has 20 heavy (non-hydrogen) atoms. The number of anilines is 2. The van der Waals surface area contributed by atoms with Crippen molar-refractivity contribution in [1.82, 2.24) is 0 Å². The summed E-state index contributed by atoms with van der Waals surface area (Å²) in [7, 11) is 0. The average Bonchev–Trinajstić information content (AvgIpc) is 2.73. The van der Waals surface area contributed by atoms with Crippen molar-refractivity contribution in [2.45, 2.75) is 26.3 Å². The topological polar surface area (TPSA) is 20.3 Å². The van der Waals surface area contributed by atoms with Crippen molar-refractivity contribution in [3.8, 4) is 0 Å². The smallest absolute Gasteiger partial charge is 0.161 e. The molecular formula is C17H16BrNO. The molecule has 0 saturated carbocycles. The first-order valence-corrected chi connectivity index (χ1v) is 7.55. The third-order valence-electron chi connectivity index (χ3n) is 3.81. The highest BCUT2D eigenvalue weighted by atomic mass is 79.9. The Morgan fingerprint density at radius 2 is 1.95 bits per heavy atom. The lowest BCUT2D eigenvalue weighted by Crippen LogP contribution is -2.25. The van der Waals surface area contributed by atoms with E-state index < -0.39 is 0 Å². The molecule has 2 aromatic rings. The van der Waals surface area contributed by atoms with Gasteiger partial charge in [0.15, 0.2) is 5.78 Å². The fourth-order valence-electron chi connectivity index (χ4n) is 2.93. The molecule has 3 rings (SSSR count). The first-order chi connectivity index (χ1) is 9.58. The van der Waals surface area contributed by atoms with Gasteiger partial charge in [0.25, 0.3) is 0 Å². The third kappa shape index (κ3) is 2.16. The molecule has 1 aliphatic heterocycles. The average molecular weight is 330 g/mol. The van der Waals surface area contributed by atoms with E-state index in [1.165, 1.54) is 11.3 Å². The lowest BCUT2D eigenvalue weighted by Gasteiger charge is -2.27. The quantitative estimate of drug-likeness (QED) is 0.742. The summed E-state index contributed by atoms with van der Waals surface area (Å²) in [5.41, 5.74) is 4.32. The van der Waals surface area contributed by atoms with Gasteiger partial charge in [-0.2, -0.15) is 0 Å². The Labute approximate surface area is 127 Å². The number of rotatable bonds is 2. The number of carbonyl (C=O) groups is 1. The standard InChI is InChI=1S/C17H16BrNO/c1-11-9-13-5-3-4-6-16(13)19(11)17-10-14(18)7-8-15(17)12(2)20/h3-8,10-11H,9H2,1-2H3. The predicted molar refractivity (Wildman–Crippen MR) is 85.9 cm³/mol. The van der Waals surface area contributed by atoms with Crippen molar-refractivity contribution in [2.24, 2.45) is 0 Å². The van der Waals surface area contributed by atoms with Crippen LogP contribution in [0.4, 0.5) is 11.4 Å². The first-order valence-electron chi connectivity index (χ1n) is 6.75. The van der Waals surface area contributed by atoms with Gasteiger partial charge >= 0.3 is 0 Å². The summed E-state index contributed by atoms with van der Waals surface area (Å²) in [5, 5.41) is 0. The van der Waals surface area contributed by atoms with Crippen molar-refractivity contribution >= 4 is 33.1 Å². The van der Waals surface area contributed by atoms with Gasteiger partial charge in [-0.05, 0) is 50.1 Å². The molecule has 3 heteroatoms. The summed E-state index contributed by atoms with van der Waals surface area (Å²) >= 11 is 3.51. The number of fused-ring (bicyclic) bond motifs is 1. The minimum atomic E-state index is 0.101. The van der Waals surface area contributed by atoms with Crippen LogP contribution in [0.1, 0.15) is 29.8 Å². The van der Waals surface area contributed by atoms with Crippen LogP contribution in [-0.2, 0) is 6.42 Å². The molecular weight excluding hydrogens is 314 g/mol. The minimum absolute atomic E-state index is 0.101. The Morgan fingerprint density at radius 1 is 1.20 bits per heavy atom. The predicted octanol–water partition coefficient (Wildman–Crippen LogP) is 4.73. The molecule has 2 aromatic carbocycles. The normalized spacial score (nSPS) is 17.1. The van der Waals surface area contributed by atoms with Crippen molar-refractivity contribution in [3.63, 3.8) is 0 Å². The fraction of sp³-hybridized carbons (Fsp3) is 0.235. The monoisotopic (exact) mass is 329 g/mol. The summed E-state index contributed by atoms with van der Waals surface area (Å²) in [5.74, 6) is 0.101. The van der Waals surface area contributed by atoms with Crippen LogP contribution in [0.3, 0.4) is 0 Å². The van der Waals surface area contributed by atoms with E-state index in [0.717, 1.165) is 22.1 Å². The van der Waals surface area contributed by atoms with Crippen molar-refractivity contribution in [2.75, 3.05) is 4.90 Å². The summed E-state index contributed by atoms with van der Waals surface area (Å²) in [6.07, 6.45) is 1.01. The van der Waals surface area contributed by atoms with Crippen LogP contribution in [0.15, 0.2) is 46.9 Å². The Hall–Kier alpha value is -1.61. The Bertz CT molecular complexity index is 680. The number of benzene rings is 2. The van der Waals surface area contributed by atoms with Gasteiger partial charge in [0.1, 0.15) is 0 Å². The molecule has 0 N–H and O–H groups in total. The maximum atomic E-state index is 11.9. The summed E-state index contributed by atoms with van der Waals surface area (Å²) in [4.78, 5) is 14.2. The van der Waals surface area contributed by atoms with Gasteiger partial charge in [-0.3, -0.25) is 4.79 Å². The number of halogens is 1. The number of para-hydroxylation sites is 1. The number of ketones is 1. The lowest BCUT2D eigenvalue weighted by molar-refractivity contribution is 0.101. The van der Waals surface area contributed by atoms with Crippen LogP contribution >= 0.6 is 15.9 Å². The first kappa shape index (κ1) is 13.4. The van der Waals surface area contributed by atoms with E-state index >= 15 is 0 Å². The van der Waals surface area contributed by atoms with Crippen LogP contribution in [0.5, 0.6) is 0 Å². The van der Waals surface area contributed by atoms with Gasteiger partial charge in [-0.1, -0.05) is 34.1 Å². The zero-order chi connectivity index (χ0) is 14.3. The number of hydrogen-bond acceptors (Lipinski definition) is 2. The van der Waals surface area contributed by atoms with E-state index in [1.807, 2.05) is 18.2 Å². The second-order valence-corrected chi connectivity index (χ2v) is 6.19. The highest BCUT2D eigenvalue weighted by Gasteiger charge is 2.29. The van der Waals surface area contributed by atoms with E-state index in [9.17, 15) is 4.79 Å². The second kappa shape index (κ2) is 5.06. The Balaban J connectivity index is 2.18. The lowest BCUT2D eigenvalue weighted by atomic mass is 10.1. The molecule has 0 bridgehead atoms. The van der Waals surface area contributed by atoms with Crippen LogP contribution in [-0.4, -0.2) is 11.8 Å². The van der Waals surface area contributed by atoms with E-state index in [2.05, 4.69) is 52.0 Å². The zero-order valence-corrected chi connectivity index (χ0v) is 13.1. The SMILES string of the molecule is CC(=O)c1ccc(Br)cc1N1c2ccccc2CC1C. The van der Waals surface area contributed by atoms with Gasteiger partial charge in [0, 0.05) is 21.8 Å². The minimum Gasteiger partial charge on any atom is -0.337 e. The zero-order valence-electron chi connectivity index (χ0n) is 11.6. The van der Waals surface area contributed by atoms with Crippen LogP contribution < -0.4 is 4.90 Å². The molecule has 2 nitrogen and oxygen atoms in total. The van der Waals surface area contributed by atoms with Gasteiger partial charge in [-0.15, -0.1) is 0 Å². The molecule has 0 aromatic heterocycles. The summed E-state index contributed by atoms with van der Waals surface area (Å²) in [6.45, 7) is 3.82. The summed E-state index contributed by atoms with van der Waals surface area (Å²) < 4.78 is 0.995. The van der Waals surface area contributed by atoms with E-state index in [0.29, 0.717) is 6.04 Å². The van der Waals surface area contributed by atoms with Crippen LogP contribution in [0.25, 0.3) is 0 Å². The van der Waals surface area contributed by atoms with Crippen molar-refractivity contribution in [1.29, 1.82) is 0 Å². The van der Waals surface area contributed by atoms with E-state index in [1.54, 1.807) is 6.92 Å². The molecule has 1 unspecified atom stereocenters. The maximum absolute atomic E-state index is 11.9. The number of nitrogens with zero attached hydrogens (tertiary/aromatic N) is 1. The van der Waals surface area contributed by atoms with Gasteiger partial charge in [0.05, 0.1) is 5.69 Å². The maximum Gasteiger partial charge on any atom is 0.161 e. The molecule has 0 spiro atoms. The van der Waals surface area contributed by atoms with E-state index in [4.69, 9.17) is 0 Å². The largest absolute Gasteiger partial charge is 0.337 e. The molecule has 0 saturated heterocycles. The second-order valence-electron chi connectivity index (χ2n) is 5.27. The van der Waals surface area contributed by atoms with Crippen molar-refractivity contribution < 1.29 is 4.79 Å². The molecule has 1 heterocycles. The Kier molecular flexibility index (Phi) is 3.38. The van der Waals surface area contributed by atoms with E-state index in [-0.39, 0.29) is 5.78 Å². The summed E-state index contributed by atoms with van der Waals surface area (Å²) in [6, 6.07) is 14.6. The highest BCUT2D eigenvalue weighted by Crippen LogP contribution is 2.40. The molecule has 0 fully saturated rings. The number of carbonyl (C=O) groups excluding carboxylic acids is 1. The molecule has 0 radical (unpaired) electrons. The Morgan fingerprint density at radius 3 is 2.70 bits per heavy atom. The third-order valence-corrected chi connectivity index (χ3v) is 4.30. The molecule has 1 aliphatic rings. The fourth-order valence-corrected chi connectivity index (χ4v) is 3.28. The highest BCUT2D eigenvalue weighted by molar-refractivity contribution is 9.10. The number of hydrogen-bond donors (Lipinski definition) is 0. The van der Waals surface area contributed by atoms with Crippen LogP contribution in [0, 0.1) is 0 Å². The molecule has 0 aliphatic carbocycles. The van der Waals surface area contributed by atoms with Gasteiger partial charge < -0.3 is 4.90 Å². The molecule has 0 amide bonds. The molecule has 1 atom stereocenters. The van der Waals surface area contributed by atoms with Crippen molar-refractivity contribution in [3.05, 3.63) is 58.1 Å². The molecule has 102 valence electrons. The van der Waals surface area contributed by atoms with Gasteiger partial charge in [-0.25, -0.2) is 0 Å². The van der Waals surface area contributed by atoms with Gasteiger partial charge in [0.2, 0.25) is 0 Å².